The van der Waals surface area contributed by atoms with E-state index in [1.165, 1.54) is 116 Å². The van der Waals surface area contributed by atoms with Crippen LogP contribution in [0.2, 0.25) is 0 Å². The standard InChI is InChI=1S/C23H43N/c1-2-3-4-5-6-7-8-9-10-11-12-13-14-16-21-19-22-17-15-18-23(20-21)24-22/h19,22-24H,2-18,20H2,1H3. The maximum atomic E-state index is 3.76. The molecule has 2 bridgehead atoms. The van der Waals surface area contributed by atoms with Crippen LogP contribution in [0, 0.1) is 0 Å². The molecular formula is C23H43N. The van der Waals surface area contributed by atoms with Gasteiger partial charge in [-0.05, 0) is 32.1 Å². The molecule has 1 fully saturated rings. The largest absolute Gasteiger partial charge is 0.307 e. The Morgan fingerprint density at radius 3 is 1.96 bits per heavy atom. The summed E-state index contributed by atoms with van der Waals surface area (Å²) in [5.41, 5.74) is 1.77. The van der Waals surface area contributed by atoms with Crippen LogP contribution in [0.3, 0.4) is 0 Å². The first-order valence-corrected chi connectivity index (χ1v) is 11.3. The van der Waals surface area contributed by atoms with Gasteiger partial charge < -0.3 is 5.32 Å². The molecule has 0 aromatic rings. The first-order valence-electron chi connectivity index (χ1n) is 11.3. The zero-order chi connectivity index (χ0) is 16.9. The van der Waals surface area contributed by atoms with Crippen molar-refractivity contribution >= 4 is 0 Å². The van der Waals surface area contributed by atoms with E-state index in [0.717, 1.165) is 12.1 Å². The van der Waals surface area contributed by atoms with Crippen LogP contribution in [0.15, 0.2) is 11.6 Å². The molecule has 2 rings (SSSR count). The molecule has 2 aliphatic rings. The van der Waals surface area contributed by atoms with Crippen molar-refractivity contribution in [2.24, 2.45) is 0 Å². The number of unbranched alkanes of at least 4 members (excludes halogenated alkanes) is 12. The summed E-state index contributed by atoms with van der Waals surface area (Å²) in [7, 11) is 0. The Bertz CT molecular complexity index is 333. The lowest BCUT2D eigenvalue weighted by atomic mass is 9.85. The van der Waals surface area contributed by atoms with E-state index in [1.807, 2.05) is 0 Å². The lowest BCUT2D eigenvalue weighted by molar-refractivity contribution is 0.331. The minimum absolute atomic E-state index is 0.717. The average molecular weight is 334 g/mol. The Morgan fingerprint density at radius 2 is 1.38 bits per heavy atom. The molecule has 24 heavy (non-hydrogen) atoms. The molecule has 0 aromatic heterocycles. The smallest absolute Gasteiger partial charge is 0.0255 e. The van der Waals surface area contributed by atoms with E-state index >= 15 is 0 Å². The van der Waals surface area contributed by atoms with Gasteiger partial charge in [0.25, 0.3) is 0 Å². The maximum absolute atomic E-state index is 3.76. The third-order valence-electron chi connectivity index (χ3n) is 6.06. The van der Waals surface area contributed by atoms with Crippen LogP contribution < -0.4 is 5.32 Å². The summed E-state index contributed by atoms with van der Waals surface area (Å²) in [6, 6.07) is 1.53. The molecule has 2 atom stereocenters. The fourth-order valence-corrected chi connectivity index (χ4v) is 4.57. The Labute approximate surface area is 152 Å². The van der Waals surface area contributed by atoms with Crippen LogP contribution >= 0.6 is 0 Å². The molecule has 0 saturated carbocycles. The van der Waals surface area contributed by atoms with Gasteiger partial charge in [0, 0.05) is 12.1 Å². The molecular weight excluding hydrogens is 290 g/mol. The van der Waals surface area contributed by atoms with E-state index in [1.54, 1.807) is 5.57 Å². The lowest BCUT2D eigenvalue weighted by Gasteiger charge is -2.35. The third-order valence-corrected chi connectivity index (χ3v) is 6.06. The minimum atomic E-state index is 0.717. The fraction of sp³-hybridized carbons (Fsp3) is 0.913. The third kappa shape index (κ3) is 8.70. The summed E-state index contributed by atoms with van der Waals surface area (Å²) in [5, 5.41) is 3.76. The van der Waals surface area contributed by atoms with Gasteiger partial charge in [-0.1, -0.05) is 102 Å². The van der Waals surface area contributed by atoms with Crippen LogP contribution in [0.4, 0.5) is 0 Å². The number of hydrogen-bond donors (Lipinski definition) is 1. The summed E-state index contributed by atoms with van der Waals surface area (Å²) in [6.07, 6.45) is 28.5. The van der Waals surface area contributed by atoms with Crippen molar-refractivity contribution in [3.05, 3.63) is 11.6 Å². The topological polar surface area (TPSA) is 12.0 Å². The number of hydrogen-bond acceptors (Lipinski definition) is 1. The molecule has 0 aromatic carbocycles. The quantitative estimate of drug-likeness (QED) is 0.259. The summed E-state index contributed by atoms with van der Waals surface area (Å²) in [6.45, 7) is 2.30. The normalized spacial score (nSPS) is 23.3. The summed E-state index contributed by atoms with van der Waals surface area (Å²) >= 11 is 0. The van der Waals surface area contributed by atoms with Crippen molar-refractivity contribution < 1.29 is 0 Å². The Kier molecular flexibility index (Phi) is 10.8. The van der Waals surface area contributed by atoms with Crippen molar-refractivity contribution in [2.45, 2.75) is 135 Å². The second-order valence-electron chi connectivity index (χ2n) is 8.42. The van der Waals surface area contributed by atoms with E-state index in [9.17, 15) is 0 Å². The maximum Gasteiger partial charge on any atom is 0.0255 e. The van der Waals surface area contributed by atoms with Crippen molar-refractivity contribution in [1.82, 2.24) is 5.32 Å². The van der Waals surface area contributed by atoms with E-state index in [4.69, 9.17) is 0 Å². The fourth-order valence-electron chi connectivity index (χ4n) is 4.57. The van der Waals surface area contributed by atoms with Gasteiger partial charge in [-0.15, -0.1) is 0 Å². The first kappa shape index (κ1) is 20.0. The second-order valence-corrected chi connectivity index (χ2v) is 8.42. The Balaban J connectivity index is 1.34. The van der Waals surface area contributed by atoms with Crippen LogP contribution in [0.1, 0.15) is 122 Å². The van der Waals surface area contributed by atoms with Crippen LogP contribution in [0.25, 0.3) is 0 Å². The van der Waals surface area contributed by atoms with Crippen molar-refractivity contribution in [3.8, 4) is 0 Å². The van der Waals surface area contributed by atoms with Gasteiger partial charge in [-0.3, -0.25) is 0 Å². The van der Waals surface area contributed by atoms with E-state index < -0.39 is 0 Å². The second kappa shape index (κ2) is 13.0. The molecule has 1 heteroatoms. The summed E-state index contributed by atoms with van der Waals surface area (Å²) in [5.74, 6) is 0. The lowest BCUT2D eigenvalue weighted by Crippen LogP contribution is -2.44. The molecule has 1 nitrogen and oxygen atoms in total. The zero-order valence-electron chi connectivity index (χ0n) is 16.5. The number of fused-ring (bicyclic) bond motifs is 2. The van der Waals surface area contributed by atoms with Crippen LogP contribution in [-0.4, -0.2) is 12.1 Å². The van der Waals surface area contributed by atoms with Gasteiger partial charge in [0.15, 0.2) is 0 Å². The molecule has 0 amide bonds. The molecule has 2 unspecified atom stereocenters. The average Bonchev–Trinajstić information content (AvgIpc) is 2.59. The number of nitrogens with one attached hydrogen (secondary N) is 1. The van der Waals surface area contributed by atoms with Gasteiger partial charge in [-0.2, -0.15) is 0 Å². The van der Waals surface area contributed by atoms with Crippen LogP contribution in [-0.2, 0) is 0 Å². The molecule has 1 N–H and O–H groups in total. The zero-order valence-corrected chi connectivity index (χ0v) is 16.5. The van der Waals surface area contributed by atoms with Gasteiger partial charge >= 0.3 is 0 Å². The van der Waals surface area contributed by atoms with E-state index in [-0.39, 0.29) is 0 Å². The molecule has 1 saturated heterocycles. The van der Waals surface area contributed by atoms with Crippen molar-refractivity contribution in [1.29, 1.82) is 0 Å². The van der Waals surface area contributed by atoms with Gasteiger partial charge in [-0.25, -0.2) is 0 Å². The van der Waals surface area contributed by atoms with E-state index in [2.05, 4.69) is 18.3 Å². The predicted octanol–water partition coefficient (Wildman–Crippen LogP) is 7.31. The number of piperidine rings is 1. The number of rotatable bonds is 14. The summed E-state index contributed by atoms with van der Waals surface area (Å²) in [4.78, 5) is 0. The Morgan fingerprint density at radius 1 is 0.792 bits per heavy atom. The van der Waals surface area contributed by atoms with Crippen molar-refractivity contribution in [3.63, 3.8) is 0 Å². The molecule has 2 heterocycles. The van der Waals surface area contributed by atoms with E-state index in [0.29, 0.717) is 0 Å². The highest BCUT2D eigenvalue weighted by Crippen LogP contribution is 2.28. The highest BCUT2D eigenvalue weighted by Gasteiger charge is 2.24. The SMILES string of the molecule is CCCCCCCCCCCCCCCC1=CC2CCCC(C1)N2. The van der Waals surface area contributed by atoms with Gasteiger partial charge in [0.05, 0.1) is 0 Å². The minimum Gasteiger partial charge on any atom is -0.307 e. The van der Waals surface area contributed by atoms with Gasteiger partial charge in [0.2, 0.25) is 0 Å². The van der Waals surface area contributed by atoms with Crippen LogP contribution in [0.5, 0.6) is 0 Å². The predicted molar refractivity (Wildman–Crippen MR) is 108 cm³/mol. The first-order chi connectivity index (χ1) is 11.9. The highest BCUT2D eigenvalue weighted by atomic mass is 15.0. The molecule has 140 valence electrons. The highest BCUT2D eigenvalue weighted by molar-refractivity contribution is 5.15. The monoisotopic (exact) mass is 333 g/mol. The van der Waals surface area contributed by atoms with Crippen molar-refractivity contribution in [2.75, 3.05) is 0 Å². The molecule has 0 radical (unpaired) electrons. The molecule has 0 aliphatic carbocycles. The van der Waals surface area contributed by atoms with Gasteiger partial charge in [0.1, 0.15) is 0 Å². The summed E-state index contributed by atoms with van der Waals surface area (Å²) < 4.78 is 0. The molecule has 0 spiro atoms. The Hall–Kier alpha value is -0.300. The molecule has 2 aliphatic heterocycles.